The van der Waals surface area contributed by atoms with Gasteiger partial charge in [0.25, 0.3) is 0 Å². The molecule has 4 aromatic rings. The van der Waals surface area contributed by atoms with Gasteiger partial charge in [-0.05, 0) is 52.2 Å². The number of halogens is 1. The van der Waals surface area contributed by atoms with E-state index >= 15 is 0 Å². The molecule has 4 aromatic heterocycles. The molecule has 3 atom stereocenters. The van der Waals surface area contributed by atoms with Gasteiger partial charge in [-0.1, -0.05) is 6.07 Å². The molecular formula is C29H35FN8O4. The largest absolute Gasteiger partial charge is 0.494 e. The van der Waals surface area contributed by atoms with Crippen LogP contribution < -0.4 is 10.1 Å². The van der Waals surface area contributed by atoms with Gasteiger partial charge in [-0.15, -0.1) is 0 Å². The van der Waals surface area contributed by atoms with Crippen LogP contribution in [0, 0.1) is 0 Å². The SMILES string of the molecule is COc1cc2ncc(-c3cccc(N[C@H]4CN(C(=O)OC(C)(C)C)C[C@@H]4F)n3)n2nc1-c1cnn(C2CCCCO2)c1. The number of ether oxygens (including phenoxy) is 3. The van der Waals surface area contributed by atoms with Crippen molar-refractivity contribution in [2.24, 2.45) is 0 Å². The average Bonchev–Trinajstić information content (AvgIpc) is 3.71. The van der Waals surface area contributed by atoms with E-state index in [1.54, 1.807) is 50.9 Å². The van der Waals surface area contributed by atoms with E-state index < -0.39 is 23.9 Å². The lowest BCUT2D eigenvalue weighted by atomic mass is 10.2. The summed E-state index contributed by atoms with van der Waals surface area (Å²) in [5.41, 5.74) is 2.57. The van der Waals surface area contributed by atoms with Gasteiger partial charge in [0, 0.05) is 31.0 Å². The number of nitrogens with zero attached hydrogens (tertiary/aromatic N) is 7. The number of amides is 1. The smallest absolute Gasteiger partial charge is 0.410 e. The Morgan fingerprint density at radius 3 is 2.81 bits per heavy atom. The Balaban J connectivity index is 1.25. The van der Waals surface area contributed by atoms with E-state index in [4.69, 9.17) is 24.3 Å². The van der Waals surface area contributed by atoms with E-state index in [1.165, 1.54) is 4.90 Å². The summed E-state index contributed by atoms with van der Waals surface area (Å²) in [4.78, 5) is 23.1. The van der Waals surface area contributed by atoms with Crippen LogP contribution in [0.25, 0.3) is 28.3 Å². The number of methoxy groups -OCH3 is 1. The third kappa shape index (κ3) is 5.73. The highest BCUT2D eigenvalue weighted by atomic mass is 19.1. The molecular weight excluding hydrogens is 543 g/mol. The number of carbonyl (C=O) groups excluding carboxylic acids is 1. The molecule has 42 heavy (non-hydrogen) atoms. The zero-order valence-corrected chi connectivity index (χ0v) is 24.2. The van der Waals surface area contributed by atoms with E-state index in [2.05, 4.69) is 15.4 Å². The number of imidazole rings is 1. The Kier molecular flexibility index (Phi) is 7.43. The Labute approximate surface area is 242 Å². The predicted molar refractivity (Wildman–Crippen MR) is 153 cm³/mol. The van der Waals surface area contributed by atoms with Crippen molar-refractivity contribution in [3.8, 4) is 28.4 Å². The summed E-state index contributed by atoms with van der Waals surface area (Å²) in [6.45, 7) is 6.20. The summed E-state index contributed by atoms with van der Waals surface area (Å²) in [5.74, 6) is 1.04. The Hall–Kier alpha value is -4.26. The lowest BCUT2D eigenvalue weighted by Crippen LogP contribution is -2.36. The van der Waals surface area contributed by atoms with Crippen molar-refractivity contribution >= 4 is 17.6 Å². The van der Waals surface area contributed by atoms with Crippen molar-refractivity contribution < 1.29 is 23.4 Å². The quantitative estimate of drug-likeness (QED) is 0.346. The Bertz CT molecular complexity index is 1580. The number of alkyl halides is 1. The van der Waals surface area contributed by atoms with E-state index in [9.17, 15) is 9.18 Å². The highest BCUT2D eigenvalue weighted by molar-refractivity contribution is 5.70. The summed E-state index contributed by atoms with van der Waals surface area (Å²) in [7, 11) is 1.59. The van der Waals surface area contributed by atoms with Crippen LogP contribution in [0.4, 0.5) is 15.0 Å². The number of nitrogens with one attached hydrogen (secondary N) is 1. The molecule has 6 heterocycles. The van der Waals surface area contributed by atoms with E-state index in [0.717, 1.165) is 31.4 Å². The first kappa shape index (κ1) is 27.9. The van der Waals surface area contributed by atoms with Crippen molar-refractivity contribution in [2.75, 3.05) is 32.1 Å². The molecule has 2 saturated heterocycles. The van der Waals surface area contributed by atoms with Crippen molar-refractivity contribution in [1.29, 1.82) is 0 Å². The maximum absolute atomic E-state index is 14.9. The van der Waals surface area contributed by atoms with Crippen LogP contribution in [0.5, 0.6) is 5.75 Å². The third-order valence-electron chi connectivity index (χ3n) is 7.25. The van der Waals surface area contributed by atoms with Gasteiger partial charge in [0.2, 0.25) is 0 Å². The molecule has 222 valence electrons. The van der Waals surface area contributed by atoms with Crippen molar-refractivity contribution in [3.63, 3.8) is 0 Å². The molecule has 12 nitrogen and oxygen atoms in total. The van der Waals surface area contributed by atoms with Crippen LogP contribution in [-0.2, 0) is 9.47 Å². The first-order valence-corrected chi connectivity index (χ1v) is 14.1. The summed E-state index contributed by atoms with van der Waals surface area (Å²) in [6, 6.07) is 6.63. The van der Waals surface area contributed by atoms with Gasteiger partial charge in [-0.2, -0.15) is 10.2 Å². The molecule has 2 aliphatic heterocycles. The van der Waals surface area contributed by atoms with Gasteiger partial charge >= 0.3 is 6.09 Å². The molecule has 1 unspecified atom stereocenters. The molecule has 2 fully saturated rings. The summed E-state index contributed by atoms with van der Waals surface area (Å²) in [6.07, 6.45) is 6.54. The molecule has 2 aliphatic rings. The first-order chi connectivity index (χ1) is 20.2. The monoisotopic (exact) mass is 578 g/mol. The molecule has 1 amide bonds. The molecule has 1 N–H and O–H groups in total. The average molecular weight is 579 g/mol. The Morgan fingerprint density at radius 2 is 2.05 bits per heavy atom. The zero-order chi connectivity index (χ0) is 29.4. The standard InChI is InChI=1S/C29H35FN8O4/c1-29(2,3)42-28(39)36-16-19(30)21(17-36)34-24-9-7-8-20(33-24)22-14-31-25-12-23(40-4)27(35-38(22)25)18-13-32-37(15-18)26-10-5-6-11-41-26/h7-9,12-15,19,21,26H,5-6,10-11,16-17H2,1-4H3,(H,33,34)/t19-,21-,26?/m0/s1. The van der Waals surface area contributed by atoms with E-state index in [1.807, 2.05) is 29.1 Å². The molecule has 0 radical (unpaired) electrons. The highest BCUT2D eigenvalue weighted by Crippen LogP contribution is 2.32. The third-order valence-corrected chi connectivity index (χ3v) is 7.25. The molecule has 0 bridgehead atoms. The van der Waals surface area contributed by atoms with Gasteiger partial charge in [-0.25, -0.2) is 28.4 Å². The van der Waals surface area contributed by atoms with Crippen LogP contribution in [-0.4, -0.2) is 85.0 Å². The van der Waals surface area contributed by atoms with E-state index in [-0.39, 0.29) is 19.3 Å². The van der Waals surface area contributed by atoms with Crippen molar-refractivity contribution in [3.05, 3.63) is 42.9 Å². The molecule has 0 saturated carbocycles. The fourth-order valence-electron chi connectivity index (χ4n) is 5.20. The number of hydrogen-bond donors (Lipinski definition) is 1. The number of fused-ring (bicyclic) bond motifs is 1. The second-order valence-electron chi connectivity index (χ2n) is 11.6. The number of rotatable bonds is 6. The number of anilines is 1. The van der Waals surface area contributed by atoms with E-state index in [0.29, 0.717) is 34.3 Å². The highest BCUT2D eigenvalue weighted by Gasteiger charge is 2.37. The minimum Gasteiger partial charge on any atom is -0.494 e. The second-order valence-corrected chi connectivity index (χ2v) is 11.6. The topological polar surface area (TPSA) is 121 Å². The predicted octanol–water partition coefficient (Wildman–Crippen LogP) is 4.73. The fourth-order valence-corrected chi connectivity index (χ4v) is 5.20. The minimum atomic E-state index is -1.27. The second kappa shape index (κ2) is 11.2. The van der Waals surface area contributed by atoms with Gasteiger partial charge in [0.15, 0.2) is 11.4 Å². The maximum Gasteiger partial charge on any atom is 0.410 e. The molecule has 0 aromatic carbocycles. The van der Waals surface area contributed by atoms with Crippen LogP contribution in [0.1, 0.15) is 46.3 Å². The normalized spacial score (nSPS) is 21.1. The zero-order valence-electron chi connectivity index (χ0n) is 24.2. The summed E-state index contributed by atoms with van der Waals surface area (Å²) < 4.78 is 35.4. The van der Waals surface area contributed by atoms with Gasteiger partial charge in [0.05, 0.1) is 37.8 Å². The number of likely N-dealkylation sites (tertiary alicyclic amines) is 1. The molecule has 6 rings (SSSR count). The van der Waals surface area contributed by atoms with Crippen LogP contribution >= 0.6 is 0 Å². The molecule has 0 aliphatic carbocycles. The van der Waals surface area contributed by atoms with Crippen LogP contribution in [0.3, 0.4) is 0 Å². The number of aromatic nitrogens is 6. The van der Waals surface area contributed by atoms with Crippen molar-refractivity contribution in [1.82, 2.24) is 34.3 Å². The van der Waals surface area contributed by atoms with Gasteiger partial charge in [0.1, 0.15) is 35.2 Å². The van der Waals surface area contributed by atoms with Crippen molar-refractivity contribution in [2.45, 2.75) is 64.1 Å². The minimum absolute atomic E-state index is 0.0441. The molecule has 13 heteroatoms. The maximum atomic E-state index is 14.9. The number of hydrogen-bond acceptors (Lipinski definition) is 9. The van der Waals surface area contributed by atoms with Gasteiger partial charge < -0.3 is 24.4 Å². The number of pyridine rings is 1. The Morgan fingerprint density at radius 1 is 1.19 bits per heavy atom. The van der Waals surface area contributed by atoms with Crippen LogP contribution in [0.15, 0.2) is 42.9 Å². The summed E-state index contributed by atoms with van der Waals surface area (Å²) in [5, 5.41) is 12.5. The lowest BCUT2D eigenvalue weighted by Gasteiger charge is -2.24. The van der Waals surface area contributed by atoms with Gasteiger partial charge in [-0.3, -0.25) is 0 Å². The molecule has 0 spiro atoms. The first-order valence-electron chi connectivity index (χ1n) is 14.1. The lowest BCUT2D eigenvalue weighted by molar-refractivity contribution is -0.0394. The number of carbonyl (C=O) groups is 1. The van der Waals surface area contributed by atoms with Crippen LogP contribution in [0.2, 0.25) is 0 Å². The fraction of sp³-hybridized carbons (Fsp3) is 0.483. The summed E-state index contributed by atoms with van der Waals surface area (Å²) >= 11 is 0.